The molecule has 1 unspecified atom stereocenters. The van der Waals surface area contributed by atoms with Gasteiger partial charge in [0.2, 0.25) is 0 Å². The Morgan fingerprint density at radius 2 is 1.81 bits per heavy atom. The lowest BCUT2D eigenvalue weighted by atomic mass is 9.99. The third kappa shape index (κ3) is 5.56. The van der Waals surface area contributed by atoms with E-state index in [0.29, 0.717) is 5.75 Å². The first kappa shape index (κ1) is 20.4. The van der Waals surface area contributed by atoms with Crippen LogP contribution in [0.3, 0.4) is 0 Å². The molecule has 0 aliphatic carbocycles. The molecule has 2 atom stereocenters. The van der Waals surface area contributed by atoms with Crippen molar-refractivity contribution in [2.75, 3.05) is 13.7 Å². The Kier molecular flexibility index (Phi) is 6.45. The summed E-state index contributed by atoms with van der Waals surface area (Å²) in [5.41, 5.74) is -0.153. The van der Waals surface area contributed by atoms with Gasteiger partial charge in [0.05, 0.1) is 6.61 Å². The van der Waals surface area contributed by atoms with Gasteiger partial charge < -0.3 is 9.26 Å². The number of ether oxygens (including phenoxy) is 1. The van der Waals surface area contributed by atoms with Crippen molar-refractivity contribution in [3.8, 4) is 5.75 Å². The first-order valence-electron chi connectivity index (χ1n) is 8.41. The number of carbonyl (C=O) groups is 1. The van der Waals surface area contributed by atoms with Crippen LogP contribution in [0, 0.1) is 5.41 Å². The van der Waals surface area contributed by atoms with Gasteiger partial charge in [-0.1, -0.05) is 57.2 Å². The van der Waals surface area contributed by atoms with Crippen LogP contribution in [0.1, 0.15) is 27.7 Å². The van der Waals surface area contributed by atoms with Crippen molar-refractivity contribution in [3.63, 3.8) is 0 Å². The number of esters is 1. The molecule has 0 aliphatic heterocycles. The molecule has 2 aromatic carbocycles. The van der Waals surface area contributed by atoms with E-state index in [4.69, 9.17) is 13.8 Å². The molecule has 0 saturated carbocycles. The highest BCUT2D eigenvalue weighted by Crippen LogP contribution is 2.45. The summed E-state index contributed by atoms with van der Waals surface area (Å²) in [7, 11) is -2.48. The number of rotatable bonds is 7. The van der Waals surface area contributed by atoms with Crippen molar-refractivity contribution < 1.29 is 23.1 Å². The Morgan fingerprint density at radius 3 is 2.46 bits per heavy atom. The summed E-state index contributed by atoms with van der Waals surface area (Å²) in [6, 6.07) is 12.2. The topological polar surface area (TPSA) is 73.9 Å². The van der Waals surface area contributed by atoms with Crippen LogP contribution in [0.25, 0.3) is 10.8 Å². The first-order valence-corrected chi connectivity index (χ1v) is 9.95. The molecule has 0 aromatic heterocycles. The molecule has 0 saturated heterocycles. The molecule has 26 heavy (non-hydrogen) atoms. The fourth-order valence-electron chi connectivity index (χ4n) is 2.22. The Hall–Kier alpha value is -1.88. The van der Waals surface area contributed by atoms with E-state index in [1.165, 1.54) is 7.11 Å². The van der Waals surface area contributed by atoms with E-state index in [1.54, 1.807) is 19.1 Å². The average Bonchev–Trinajstić information content (AvgIpc) is 2.59. The van der Waals surface area contributed by atoms with Crippen LogP contribution in [0.15, 0.2) is 42.5 Å². The van der Waals surface area contributed by atoms with Crippen LogP contribution in [0.2, 0.25) is 0 Å². The lowest BCUT2D eigenvalue weighted by Crippen LogP contribution is -2.36. The Morgan fingerprint density at radius 1 is 1.15 bits per heavy atom. The van der Waals surface area contributed by atoms with E-state index in [0.717, 1.165) is 10.8 Å². The minimum Gasteiger partial charge on any atom is -0.464 e. The van der Waals surface area contributed by atoms with E-state index in [2.05, 4.69) is 5.09 Å². The van der Waals surface area contributed by atoms with Gasteiger partial charge in [0.1, 0.15) is 11.8 Å². The quantitative estimate of drug-likeness (QED) is 0.562. The molecule has 2 rings (SSSR count). The zero-order chi connectivity index (χ0) is 19.4. The maximum atomic E-state index is 12.9. The van der Waals surface area contributed by atoms with E-state index >= 15 is 0 Å². The molecule has 7 heteroatoms. The van der Waals surface area contributed by atoms with Crippen LogP contribution < -0.4 is 9.61 Å². The Bertz CT molecular complexity index is 810. The van der Waals surface area contributed by atoms with Gasteiger partial charge in [0.15, 0.2) is 0 Å². The second-order valence-corrected chi connectivity index (χ2v) is 9.07. The van der Waals surface area contributed by atoms with Gasteiger partial charge in [-0.3, -0.25) is 9.32 Å². The number of benzene rings is 2. The molecule has 0 aliphatic rings. The largest absolute Gasteiger partial charge is 0.464 e. The summed E-state index contributed by atoms with van der Waals surface area (Å²) in [5, 5.41) is 4.38. The summed E-state index contributed by atoms with van der Waals surface area (Å²) in [6.07, 6.45) is 0. The fourth-order valence-corrected chi connectivity index (χ4v) is 3.45. The zero-order valence-electron chi connectivity index (χ0n) is 15.8. The standard InChI is InChI=1S/C19H26NO5P/c1-14(18(21)24-13-19(2,3)4)20-26(22,23-5)25-17-12-8-10-15-9-6-7-11-16(15)17/h6-12,14H,13H2,1-5H3,(H,20,22)/t14-,26?/m0/s1. The highest BCUT2D eigenvalue weighted by Gasteiger charge is 2.31. The SMILES string of the molecule is COP(=O)(N[C@@H](C)C(=O)OCC(C)(C)C)Oc1cccc2ccccc12. The van der Waals surface area contributed by atoms with E-state index in [9.17, 15) is 9.36 Å². The van der Waals surface area contributed by atoms with Crippen LogP contribution in [-0.2, 0) is 18.6 Å². The molecule has 0 fully saturated rings. The van der Waals surface area contributed by atoms with Gasteiger partial charge >= 0.3 is 13.7 Å². The zero-order valence-corrected chi connectivity index (χ0v) is 16.7. The average molecular weight is 379 g/mol. The van der Waals surface area contributed by atoms with Crippen molar-refractivity contribution >= 4 is 24.5 Å². The molecule has 0 bridgehead atoms. The first-order chi connectivity index (χ1) is 12.1. The fraction of sp³-hybridized carbons (Fsp3) is 0.421. The minimum absolute atomic E-state index is 0.153. The van der Waals surface area contributed by atoms with E-state index < -0.39 is 19.8 Å². The number of hydrogen-bond acceptors (Lipinski definition) is 5. The Balaban J connectivity index is 2.12. The highest BCUT2D eigenvalue weighted by atomic mass is 31.2. The lowest BCUT2D eigenvalue weighted by molar-refractivity contribution is -0.148. The molecular formula is C19H26NO5P. The van der Waals surface area contributed by atoms with E-state index in [1.807, 2.05) is 51.1 Å². The summed E-state index contributed by atoms with van der Waals surface area (Å²) in [6.45, 7) is 7.70. The smallest absolute Gasteiger partial charge is 0.459 e. The maximum Gasteiger partial charge on any atom is 0.459 e. The number of nitrogens with one attached hydrogen (secondary N) is 1. The summed E-state index contributed by atoms with van der Waals surface area (Å²) >= 11 is 0. The molecule has 0 heterocycles. The van der Waals surface area contributed by atoms with Crippen molar-refractivity contribution in [1.29, 1.82) is 0 Å². The summed E-state index contributed by atoms with van der Waals surface area (Å²) in [4.78, 5) is 12.1. The van der Waals surface area contributed by atoms with Crippen LogP contribution in [-0.4, -0.2) is 25.7 Å². The molecule has 0 spiro atoms. The maximum absolute atomic E-state index is 12.9. The predicted octanol–water partition coefficient (Wildman–Crippen LogP) is 4.54. The normalized spacial score (nSPS) is 15.3. The molecule has 0 amide bonds. The van der Waals surface area contributed by atoms with E-state index in [-0.39, 0.29) is 12.0 Å². The van der Waals surface area contributed by atoms with Crippen molar-refractivity contribution in [2.45, 2.75) is 33.7 Å². The van der Waals surface area contributed by atoms with Gasteiger partial charge in [0.25, 0.3) is 0 Å². The molecule has 1 N–H and O–H groups in total. The second-order valence-electron chi connectivity index (χ2n) is 7.27. The predicted molar refractivity (Wildman–Crippen MR) is 102 cm³/mol. The van der Waals surface area contributed by atoms with Crippen LogP contribution in [0.5, 0.6) is 5.75 Å². The minimum atomic E-state index is -3.75. The van der Waals surface area contributed by atoms with Gasteiger partial charge in [-0.25, -0.2) is 4.57 Å². The lowest BCUT2D eigenvalue weighted by Gasteiger charge is -2.23. The van der Waals surface area contributed by atoms with Gasteiger partial charge in [-0.05, 0) is 23.8 Å². The molecule has 2 aromatic rings. The molecular weight excluding hydrogens is 353 g/mol. The van der Waals surface area contributed by atoms with Crippen molar-refractivity contribution in [1.82, 2.24) is 5.09 Å². The van der Waals surface area contributed by atoms with Gasteiger partial charge in [-0.15, -0.1) is 0 Å². The number of carbonyl (C=O) groups excluding carboxylic acids is 1. The van der Waals surface area contributed by atoms with Crippen molar-refractivity contribution in [3.05, 3.63) is 42.5 Å². The molecule has 0 radical (unpaired) electrons. The highest BCUT2D eigenvalue weighted by molar-refractivity contribution is 7.52. The number of fused-ring (bicyclic) bond motifs is 1. The summed E-state index contributed by atoms with van der Waals surface area (Å²) < 4.78 is 28.9. The number of hydrogen-bond donors (Lipinski definition) is 1. The Labute approximate surface area is 154 Å². The van der Waals surface area contributed by atoms with Crippen LogP contribution >= 0.6 is 7.75 Å². The van der Waals surface area contributed by atoms with Crippen molar-refractivity contribution in [2.24, 2.45) is 5.41 Å². The van der Waals surface area contributed by atoms with Gasteiger partial charge in [-0.2, -0.15) is 5.09 Å². The third-order valence-corrected chi connectivity index (χ3v) is 5.18. The van der Waals surface area contributed by atoms with Gasteiger partial charge in [0, 0.05) is 12.5 Å². The molecule has 142 valence electrons. The second kappa shape index (κ2) is 8.21. The summed E-state index contributed by atoms with van der Waals surface area (Å²) in [5.74, 6) is -0.102. The van der Waals surface area contributed by atoms with Crippen LogP contribution in [0.4, 0.5) is 0 Å². The third-order valence-electron chi connectivity index (χ3n) is 3.56. The monoisotopic (exact) mass is 379 g/mol. The molecule has 6 nitrogen and oxygen atoms in total.